The molecule has 30 heavy (non-hydrogen) atoms. The number of primary amides is 1. The van der Waals surface area contributed by atoms with Crippen LogP contribution in [0.2, 0.25) is 0 Å². The quantitative estimate of drug-likeness (QED) is 0.671. The molecule has 0 aliphatic rings. The standard InChI is InChI=1S/C22H24F2N4O2/c1-12-9-15-17(10-16(12)24)28(11-13-5-7-14(23)8-6-13)27-18(15)21(30)26-19(20(25)29)22(2,3)4/h5-10,19H,11H2,1-4H3,(H2,25,29)(H,26,30)/t19-/m1/s1. The van der Waals surface area contributed by atoms with Crippen LogP contribution < -0.4 is 11.1 Å². The maximum absolute atomic E-state index is 14.3. The normalized spacial score (nSPS) is 12.7. The summed E-state index contributed by atoms with van der Waals surface area (Å²) in [6.07, 6.45) is 0. The van der Waals surface area contributed by atoms with Gasteiger partial charge in [-0.05, 0) is 41.7 Å². The predicted molar refractivity (Wildman–Crippen MR) is 110 cm³/mol. The first kappa shape index (κ1) is 21.4. The maximum atomic E-state index is 14.3. The SMILES string of the molecule is Cc1cc2c(C(=O)N[C@H](C(N)=O)C(C)(C)C)nn(Cc3ccc(F)cc3)c2cc1F. The lowest BCUT2D eigenvalue weighted by Gasteiger charge is -2.28. The molecule has 0 fully saturated rings. The number of aryl methyl sites for hydroxylation is 1. The van der Waals surface area contributed by atoms with Crippen LogP contribution in [0.3, 0.4) is 0 Å². The van der Waals surface area contributed by atoms with Gasteiger partial charge in [-0.3, -0.25) is 14.3 Å². The summed E-state index contributed by atoms with van der Waals surface area (Å²) >= 11 is 0. The molecule has 3 rings (SSSR count). The van der Waals surface area contributed by atoms with Crippen molar-refractivity contribution in [1.82, 2.24) is 15.1 Å². The second-order valence-electron chi connectivity index (χ2n) is 8.43. The Hall–Kier alpha value is -3.29. The minimum absolute atomic E-state index is 0.0608. The second-order valence-corrected chi connectivity index (χ2v) is 8.43. The van der Waals surface area contributed by atoms with Crippen molar-refractivity contribution < 1.29 is 18.4 Å². The summed E-state index contributed by atoms with van der Waals surface area (Å²) in [5.74, 6) is -2.04. The smallest absolute Gasteiger partial charge is 0.273 e. The number of benzene rings is 2. The summed E-state index contributed by atoms with van der Waals surface area (Å²) in [5.41, 5.74) is 6.44. The van der Waals surface area contributed by atoms with Crippen LogP contribution >= 0.6 is 0 Å². The summed E-state index contributed by atoms with van der Waals surface area (Å²) in [6, 6.07) is 7.77. The van der Waals surface area contributed by atoms with Crippen molar-refractivity contribution in [3.63, 3.8) is 0 Å². The van der Waals surface area contributed by atoms with E-state index in [1.54, 1.807) is 45.9 Å². The number of aromatic nitrogens is 2. The fourth-order valence-corrected chi connectivity index (χ4v) is 3.27. The molecule has 8 heteroatoms. The minimum atomic E-state index is -0.913. The van der Waals surface area contributed by atoms with Crippen molar-refractivity contribution in [3.05, 3.63) is 64.9 Å². The van der Waals surface area contributed by atoms with E-state index in [1.165, 1.54) is 22.9 Å². The molecule has 0 aliphatic carbocycles. The molecular formula is C22H24F2N4O2. The molecule has 0 aliphatic heterocycles. The third-order valence-electron chi connectivity index (χ3n) is 4.92. The largest absolute Gasteiger partial charge is 0.368 e. The number of hydrogen-bond acceptors (Lipinski definition) is 3. The van der Waals surface area contributed by atoms with Gasteiger partial charge >= 0.3 is 0 Å². The zero-order valence-corrected chi connectivity index (χ0v) is 17.3. The highest BCUT2D eigenvalue weighted by atomic mass is 19.1. The molecule has 0 bridgehead atoms. The molecule has 1 aromatic heterocycles. The van der Waals surface area contributed by atoms with E-state index < -0.39 is 29.1 Å². The van der Waals surface area contributed by atoms with Gasteiger partial charge in [0.1, 0.15) is 17.7 Å². The molecule has 3 aromatic rings. The van der Waals surface area contributed by atoms with Gasteiger partial charge in [-0.1, -0.05) is 32.9 Å². The third-order valence-corrected chi connectivity index (χ3v) is 4.92. The molecule has 2 aromatic carbocycles. The van der Waals surface area contributed by atoms with E-state index in [1.807, 2.05) is 0 Å². The van der Waals surface area contributed by atoms with E-state index in [9.17, 15) is 18.4 Å². The summed E-state index contributed by atoms with van der Waals surface area (Å²) in [7, 11) is 0. The summed E-state index contributed by atoms with van der Waals surface area (Å²) in [4.78, 5) is 24.8. The van der Waals surface area contributed by atoms with E-state index in [0.717, 1.165) is 5.56 Å². The van der Waals surface area contributed by atoms with Crippen LogP contribution in [0, 0.1) is 24.0 Å². The lowest BCUT2D eigenvalue weighted by atomic mass is 9.86. The molecule has 0 unspecified atom stereocenters. The Morgan fingerprint density at radius 2 is 1.80 bits per heavy atom. The number of nitrogens with one attached hydrogen (secondary N) is 1. The predicted octanol–water partition coefficient (Wildman–Crippen LogP) is 3.30. The molecule has 0 spiro atoms. The fraction of sp³-hybridized carbons (Fsp3) is 0.318. The molecule has 0 saturated heterocycles. The highest BCUT2D eigenvalue weighted by Crippen LogP contribution is 2.25. The summed E-state index contributed by atoms with van der Waals surface area (Å²) in [6.45, 7) is 7.16. The molecule has 0 saturated carbocycles. The van der Waals surface area contributed by atoms with Gasteiger partial charge < -0.3 is 11.1 Å². The van der Waals surface area contributed by atoms with Crippen molar-refractivity contribution >= 4 is 22.7 Å². The molecule has 1 atom stereocenters. The van der Waals surface area contributed by atoms with Crippen LogP contribution in [0.25, 0.3) is 10.9 Å². The number of amides is 2. The van der Waals surface area contributed by atoms with Gasteiger partial charge in [-0.15, -0.1) is 0 Å². The Kier molecular flexibility index (Phi) is 5.61. The van der Waals surface area contributed by atoms with Crippen LogP contribution in [0.4, 0.5) is 8.78 Å². The number of nitrogens with zero attached hydrogens (tertiary/aromatic N) is 2. The van der Waals surface area contributed by atoms with Crippen molar-refractivity contribution in [1.29, 1.82) is 0 Å². The Labute approximate surface area is 173 Å². The van der Waals surface area contributed by atoms with Crippen LogP contribution in [-0.2, 0) is 11.3 Å². The average molecular weight is 414 g/mol. The van der Waals surface area contributed by atoms with Gasteiger partial charge in [0, 0.05) is 11.5 Å². The lowest BCUT2D eigenvalue weighted by molar-refractivity contribution is -0.122. The molecule has 2 amide bonds. The first-order chi connectivity index (χ1) is 14.0. The number of halogens is 2. The Balaban J connectivity index is 2.06. The van der Waals surface area contributed by atoms with Crippen molar-refractivity contribution in [2.45, 2.75) is 40.3 Å². The molecule has 3 N–H and O–H groups in total. The maximum Gasteiger partial charge on any atom is 0.273 e. The average Bonchev–Trinajstić information content (AvgIpc) is 2.98. The molecule has 0 radical (unpaired) electrons. The number of carbonyl (C=O) groups excluding carboxylic acids is 2. The number of fused-ring (bicyclic) bond motifs is 1. The Bertz CT molecular complexity index is 1110. The van der Waals surface area contributed by atoms with Gasteiger partial charge in [0.05, 0.1) is 12.1 Å². The Morgan fingerprint density at radius 1 is 1.17 bits per heavy atom. The fourth-order valence-electron chi connectivity index (χ4n) is 3.27. The van der Waals surface area contributed by atoms with Crippen molar-refractivity contribution in [3.8, 4) is 0 Å². The zero-order valence-electron chi connectivity index (χ0n) is 17.3. The monoisotopic (exact) mass is 414 g/mol. The molecule has 6 nitrogen and oxygen atoms in total. The molecular weight excluding hydrogens is 390 g/mol. The van der Waals surface area contributed by atoms with Crippen LogP contribution in [0.5, 0.6) is 0 Å². The first-order valence-corrected chi connectivity index (χ1v) is 9.48. The minimum Gasteiger partial charge on any atom is -0.368 e. The van der Waals surface area contributed by atoms with Gasteiger partial charge in [-0.25, -0.2) is 8.78 Å². The van der Waals surface area contributed by atoms with Crippen LogP contribution in [0.1, 0.15) is 42.4 Å². The molecule has 1 heterocycles. The van der Waals surface area contributed by atoms with Gasteiger partial charge in [-0.2, -0.15) is 5.10 Å². The first-order valence-electron chi connectivity index (χ1n) is 9.48. The van der Waals surface area contributed by atoms with Gasteiger partial charge in [0.2, 0.25) is 5.91 Å². The van der Waals surface area contributed by atoms with Crippen LogP contribution in [0.15, 0.2) is 36.4 Å². The topological polar surface area (TPSA) is 90.0 Å². The molecule has 158 valence electrons. The van der Waals surface area contributed by atoms with E-state index in [-0.39, 0.29) is 18.1 Å². The van der Waals surface area contributed by atoms with Crippen molar-refractivity contribution in [2.24, 2.45) is 11.1 Å². The lowest BCUT2D eigenvalue weighted by Crippen LogP contribution is -2.52. The van der Waals surface area contributed by atoms with Crippen LogP contribution in [-0.4, -0.2) is 27.6 Å². The zero-order chi connectivity index (χ0) is 22.2. The van der Waals surface area contributed by atoms with E-state index >= 15 is 0 Å². The summed E-state index contributed by atoms with van der Waals surface area (Å²) < 4.78 is 28.9. The number of hydrogen-bond donors (Lipinski definition) is 2. The summed E-state index contributed by atoms with van der Waals surface area (Å²) in [5, 5.41) is 7.48. The number of carbonyl (C=O) groups is 2. The highest BCUT2D eigenvalue weighted by Gasteiger charge is 2.32. The second kappa shape index (κ2) is 7.85. The Morgan fingerprint density at radius 3 is 2.37 bits per heavy atom. The van der Waals surface area contributed by atoms with Crippen molar-refractivity contribution in [2.75, 3.05) is 0 Å². The van der Waals surface area contributed by atoms with E-state index in [2.05, 4.69) is 10.4 Å². The van der Waals surface area contributed by atoms with Gasteiger partial charge in [0.15, 0.2) is 5.69 Å². The third kappa shape index (κ3) is 4.32. The number of rotatable bonds is 5. The van der Waals surface area contributed by atoms with E-state index in [4.69, 9.17) is 5.73 Å². The number of nitrogens with two attached hydrogens (primary N) is 1. The van der Waals surface area contributed by atoms with E-state index in [0.29, 0.717) is 16.5 Å². The van der Waals surface area contributed by atoms with Gasteiger partial charge in [0.25, 0.3) is 5.91 Å². The highest BCUT2D eigenvalue weighted by molar-refractivity contribution is 6.06.